The average molecular weight is 346 g/mol. The van der Waals surface area contributed by atoms with E-state index in [1.165, 1.54) is 30.4 Å². The zero-order valence-electron chi connectivity index (χ0n) is 13.6. The summed E-state index contributed by atoms with van der Waals surface area (Å²) in [7, 11) is 2.00. The molecule has 1 N–H and O–H groups in total. The van der Waals surface area contributed by atoms with Crippen molar-refractivity contribution in [2.75, 3.05) is 13.6 Å². The summed E-state index contributed by atoms with van der Waals surface area (Å²) in [4.78, 5) is 26.5. The van der Waals surface area contributed by atoms with Gasteiger partial charge in [-0.15, -0.1) is 11.3 Å². The number of ketones is 1. The Morgan fingerprint density at radius 1 is 1.29 bits per heavy atom. The summed E-state index contributed by atoms with van der Waals surface area (Å²) in [5, 5.41) is 4.77. The Labute approximate surface area is 144 Å². The fourth-order valence-corrected chi connectivity index (χ4v) is 3.97. The van der Waals surface area contributed by atoms with Crippen molar-refractivity contribution in [3.8, 4) is 0 Å². The first-order valence-electron chi connectivity index (χ1n) is 7.82. The van der Waals surface area contributed by atoms with Gasteiger partial charge in [0.2, 0.25) is 0 Å². The van der Waals surface area contributed by atoms with E-state index in [1.54, 1.807) is 23.6 Å². The molecule has 2 atom stereocenters. The Balaban J connectivity index is 1.76. The third-order valence-corrected chi connectivity index (χ3v) is 5.34. The molecule has 1 amide bonds. The number of benzene rings is 1. The molecule has 1 saturated heterocycles. The van der Waals surface area contributed by atoms with Gasteiger partial charge in [-0.05, 0) is 44.2 Å². The number of hydrogen-bond donors (Lipinski definition) is 1. The highest BCUT2D eigenvalue weighted by Gasteiger charge is 2.34. The standard InChI is InChI=1S/C18H19FN2O2S/c1-11(22)13-9-16(24-10-13)18(23)20-15-7-8-21(2)17(15)12-3-5-14(19)6-4-12/h3-6,9-10,15,17H,7-8H2,1-2H3,(H,20,23)/t15-,17-/m0/s1. The fraction of sp³-hybridized carbons (Fsp3) is 0.333. The maximum atomic E-state index is 13.2. The molecule has 2 aromatic rings. The largest absolute Gasteiger partial charge is 0.347 e. The number of carbonyl (C=O) groups excluding carboxylic acids is 2. The summed E-state index contributed by atoms with van der Waals surface area (Å²) in [6.45, 7) is 2.34. The lowest BCUT2D eigenvalue weighted by Crippen LogP contribution is -2.38. The van der Waals surface area contributed by atoms with Crippen LogP contribution < -0.4 is 5.32 Å². The molecule has 0 aliphatic carbocycles. The minimum absolute atomic E-state index is 0.0155. The molecular weight excluding hydrogens is 327 g/mol. The summed E-state index contributed by atoms with van der Waals surface area (Å²) in [6.07, 6.45) is 0.829. The van der Waals surface area contributed by atoms with E-state index in [4.69, 9.17) is 0 Å². The number of likely N-dealkylation sites (N-methyl/N-ethyl adjacent to an activating group) is 1. The molecule has 4 nitrogen and oxygen atoms in total. The second-order valence-corrected chi connectivity index (χ2v) is 7.01. The Morgan fingerprint density at radius 2 is 2.00 bits per heavy atom. The molecule has 126 valence electrons. The van der Waals surface area contributed by atoms with Crippen LogP contribution >= 0.6 is 11.3 Å². The Morgan fingerprint density at radius 3 is 2.62 bits per heavy atom. The molecule has 1 fully saturated rings. The molecule has 1 aromatic heterocycles. The van der Waals surface area contributed by atoms with Gasteiger partial charge in [0.1, 0.15) is 5.82 Å². The van der Waals surface area contributed by atoms with Gasteiger partial charge in [-0.2, -0.15) is 0 Å². The van der Waals surface area contributed by atoms with Crippen molar-refractivity contribution in [1.82, 2.24) is 10.2 Å². The zero-order chi connectivity index (χ0) is 17.3. The van der Waals surface area contributed by atoms with Gasteiger partial charge in [0.05, 0.1) is 17.0 Å². The van der Waals surface area contributed by atoms with Crippen molar-refractivity contribution in [2.45, 2.75) is 25.4 Å². The number of carbonyl (C=O) groups is 2. The van der Waals surface area contributed by atoms with Gasteiger partial charge in [0.15, 0.2) is 5.78 Å². The van der Waals surface area contributed by atoms with Crippen LogP contribution in [0, 0.1) is 5.82 Å². The number of thiophene rings is 1. The van der Waals surface area contributed by atoms with E-state index in [1.807, 2.05) is 7.05 Å². The first-order chi connectivity index (χ1) is 11.5. The van der Waals surface area contributed by atoms with Gasteiger partial charge >= 0.3 is 0 Å². The van der Waals surface area contributed by atoms with Crippen molar-refractivity contribution in [2.24, 2.45) is 0 Å². The molecule has 0 saturated carbocycles. The van der Waals surface area contributed by atoms with Crippen molar-refractivity contribution in [3.05, 3.63) is 57.5 Å². The smallest absolute Gasteiger partial charge is 0.261 e. The Bertz CT molecular complexity index is 757. The highest BCUT2D eigenvalue weighted by Crippen LogP contribution is 2.31. The third kappa shape index (κ3) is 3.39. The van der Waals surface area contributed by atoms with Gasteiger partial charge in [-0.1, -0.05) is 12.1 Å². The normalized spacial score (nSPS) is 21.0. The molecule has 1 aromatic carbocycles. The Kier molecular flexibility index (Phi) is 4.78. The third-order valence-electron chi connectivity index (χ3n) is 4.41. The minimum atomic E-state index is -0.268. The second-order valence-electron chi connectivity index (χ2n) is 6.10. The lowest BCUT2D eigenvalue weighted by atomic mass is 10.00. The number of Topliss-reactive ketones (excluding diaryl/α,β-unsaturated/α-hetero) is 1. The molecule has 0 bridgehead atoms. The topological polar surface area (TPSA) is 49.4 Å². The van der Waals surface area contributed by atoms with Crippen LogP contribution in [-0.4, -0.2) is 36.2 Å². The van der Waals surface area contributed by atoms with Gasteiger partial charge in [-0.25, -0.2) is 4.39 Å². The van der Waals surface area contributed by atoms with Gasteiger partial charge < -0.3 is 5.32 Å². The highest BCUT2D eigenvalue weighted by atomic mass is 32.1. The predicted octanol–water partition coefficient (Wildman–Crippen LogP) is 3.27. The number of likely N-dealkylation sites (tertiary alicyclic amines) is 1. The van der Waals surface area contributed by atoms with Crippen LogP contribution in [0.4, 0.5) is 4.39 Å². The van der Waals surface area contributed by atoms with Crippen LogP contribution in [-0.2, 0) is 0 Å². The van der Waals surface area contributed by atoms with Crippen LogP contribution in [0.15, 0.2) is 35.7 Å². The zero-order valence-corrected chi connectivity index (χ0v) is 14.4. The second kappa shape index (κ2) is 6.83. The molecule has 1 aliphatic rings. The molecule has 0 unspecified atom stereocenters. The van der Waals surface area contributed by atoms with Crippen LogP contribution in [0.1, 0.15) is 45.0 Å². The number of nitrogens with one attached hydrogen (secondary N) is 1. The highest BCUT2D eigenvalue weighted by molar-refractivity contribution is 7.12. The molecule has 3 rings (SSSR count). The molecule has 24 heavy (non-hydrogen) atoms. The number of nitrogens with zero attached hydrogens (tertiary/aromatic N) is 1. The SMILES string of the molecule is CC(=O)c1csc(C(=O)N[C@H]2CCN(C)[C@H]2c2ccc(F)cc2)c1. The number of hydrogen-bond acceptors (Lipinski definition) is 4. The van der Waals surface area contributed by atoms with E-state index in [-0.39, 0.29) is 29.6 Å². The van der Waals surface area contributed by atoms with Gasteiger partial charge in [0.25, 0.3) is 5.91 Å². The number of amides is 1. The van der Waals surface area contributed by atoms with Crippen molar-refractivity contribution < 1.29 is 14.0 Å². The van der Waals surface area contributed by atoms with Crippen molar-refractivity contribution >= 4 is 23.0 Å². The first-order valence-corrected chi connectivity index (χ1v) is 8.69. The van der Waals surface area contributed by atoms with Gasteiger partial charge in [0, 0.05) is 17.5 Å². The summed E-state index contributed by atoms with van der Waals surface area (Å²) in [6, 6.07) is 8.02. The Hall–Kier alpha value is -2.05. The monoisotopic (exact) mass is 346 g/mol. The summed E-state index contributed by atoms with van der Waals surface area (Å²) in [5.74, 6) is -0.481. The van der Waals surface area contributed by atoms with E-state index < -0.39 is 0 Å². The number of halogens is 1. The van der Waals surface area contributed by atoms with Crippen LogP contribution in [0.2, 0.25) is 0 Å². The first kappa shape index (κ1) is 16.8. The summed E-state index contributed by atoms with van der Waals surface area (Å²) >= 11 is 1.27. The van der Waals surface area contributed by atoms with E-state index in [2.05, 4.69) is 10.2 Å². The molecule has 6 heteroatoms. The van der Waals surface area contributed by atoms with E-state index >= 15 is 0 Å². The van der Waals surface area contributed by atoms with E-state index in [9.17, 15) is 14.0 Å². The van der Waals surface area contributed by atoms with Crippen molar-refractivity contribution in [1.29, 1.82) is 0 Å². The molecule has 0 spiro atoms. The van der Waals surface area contributed by atoms with E-state index in [0.29, 0.717) is 10.4 Å². The van der Waals surface area contributed by atoms with Crippen LogP contribution in [0.3, 0.4) is 0 Å². The predicted molar refractivity (Wildman–Crippen MR) is 92.0 cm³/mol. The maximum absolute atomic E-state index is 13.2. The van der Waals surface area contributed by atoms with E-state index in [0.717, 1.165) is 18.5 Å². The van der Waals surface area contributed by atoms with Crippen LogP contribution in [0.25, 0.3) is 0 Å². The lowest BCUT2D eigenvalue weighted by molar-refractivity contribution is 0.0931. The maximum Gasteiger partial charge on any atom is 0.261 e. The molecule has 1 aliphatic heterocycles. The fourth-order valence-electron chi connectivity index (χ4n) is 3.12. The lowest BCUT2D eigenvalue weighted by Gasteiger charge is -2.26. The van der Waals surface area contributed by atoms with Crippen molar-refractivity contribution in [3.63, 3.8) is 0 Å². The molecule has 2 heterocycles. The quantitative estimate of drug-likeness (QED) is 0.865. The average Bonchev–Trinajstić information content (AvgIpc) is 3.16. The summed E-state index contributed by atoms with van der Waals surface area (Å²) < 4.78 is 13.2. The summed E-state index contributed by atoms with van der Waals surface area (Å²) in [5.41, 5.74) is 1.54. The number of rotatable bonds is 4. The minimum Gasteiger partial charge on any atom is -0.347 e. The molecular formula is C18H19FN2O2S. The molecule has 0 radical (unpaired) electrons. The van der Waals surface area contributed by atoms with Gasteiger partial charge in [-0.3, -0.25) is 14.5 Å². The van der Waals surface area contributed by atoms with Crippen LogP contribution in [0.5, 0.6) is 0 Å².